The van der Waals surface area contributed by atoms with Gasteiger partial charge in [-0.1, -0.05) is 12.1 Å². The number of carboxylic acids is 1. The average molecular weight is 236 g/mol. The number of likely N-dealkylation sites (N-methyl/N-ethyl adjacent to an activating group) is 1. The van der Waals surface area contributed by atoms with E-state index in [0.29, 0.717) is 0 Å². The first-order valence-corrected chi connectivity index (χ1v) is 5.68. The average Bonchev–Trinajstić information content (AvgIpc) is 2.70. The van der Waals surface area contributed by atoms with Crippen LogP contribution in [0.15, 0.2) is 24.3 Å². The molecule has 0 spiro atoms. The summed E-state index contributed by atoms with van der Waals surface area (Å²) in [5.74, 6) is -0.833. The molecule has 0 radical (unpaired) electrons. The Morgan fingerprint density at radius 2 is 2.19 bits per heavy atom. The highest BCUT2D eigenvalue weighted by Gasteiger charge is 2.20. The maximum Gasteiger partial charge on any atom is 0.326 e. The van der Waals surface area contributed by atoms with E-state index in [4.69, 9.17) is 5.11 Å². The smallest absolute Gasteiger partial charge is 0.326 e. The van der Waals surface area contributed by atoms with Crippen LogP contribution in [0.25, 0.3) is 10.9 Å². The molecule has 1 N–H and O–H groups in total. The lowest BCUT2D eigenvalue weighted by Crippen LogP contribution is -2.35. The van der Waals surface area contributed by atoms with Crippen molar-refractivity contribution < 1.29 is 9.90 Å². The van der Waals surface area contributed by atoms with Gasteiger partial charge in [0.1, 0.15) is 11.0 Å². The van der Waals surface area contributed by atoms with Crippen molar-refractivity contribution in [2.45, 2.75) is 13.0 Å². The number of fused-ring (bicyclic) bond motifs is 1. The highest BCUT2D eigenvalue weighted by molar-refractivity contribution is 7.11. The third-order valence-corrected chi connectivity index (χ3v) is 3.59. The van der Waals surface area contributed by atoms with Crippen molar-refractivity contribution >= 4 is 33.4 Å². The molecule has 1 unspecified atom stereocenters. The molecule has 2 aromatic rings. The van der Waals surface area contributed by atoms with E-state index < -0.39 is 12.0 Å². The first-order chi connectivity index (χ1) is 7.61. The summed E-state index contributed by atoms with van der Waals surface area (Å²) in [5, 5.41) is 10.9. The second kappa shape index (κ2) is 4.09. The van der Waals surface area contributed by atoms with Gasteiger partial charge in [0.15, 0.2) is 0 Å². The minimum absolute atomic E-state index is 0.552. The summed E-state index contributed by atoms with van der Waals surface area (Å²) in [6.07, 6.45) is 0. The molecule has 1 aromatic carbocycles. The summed E-state index contributed by atoms with van der Waals surface area (Å²) in [6, 6.07) is 7.18. The van der Waals surface area contributed by atoms with Crippen LogP contribution < -0.4 is 4.90 Å². The summed E-state index contributed by atoms with van der Waals surface area (Å²) in [4.78, 5) is 12.7. The largest absolute Gasteiger partial charge is 0.480 e. The van der Waals surface area contributed by atoms with Crippen LogP contribution >= 0.6 is 11.5 Å². The molecule has 1 aromatic heterocycles. The second-order valence-corrected chi connectivity index (χ2v) is 4.38. The zero-order valence-electron chi connectivity index (χ0n) is 9.04. The minimum atomic E-state index is -0.833. The van der Waals surface area contributed by atoms with Crippen molar-refractivity contribution in [2.24, 2.45) is 0 Å². The predicted octanol–water partition coefficient (Wildman–Crippen LogP) is 2.21. The van der Waals surface area contributed by atoms with Crippen molar-refractivity contribution in [3.63, 3.8) is 0 Å². The Kier molecular flexibility index (Phi) is 2.78. The van der Waals surface area contributed by atoms with Gasteiger partial charge in [-0.3, -0.25) is 0 Å². The van der Waals surface area contributed by atoms with Gasteiger partial charge in [0.05, 0.1) is 5.52 Å². The summed E-state index contributed by atoms with van der Waals surface area (Å²) in [7, 11) is 1.78. The summed E-state index contributed by atoms with van der Waals surface area (Å²) in [6.45, 7) is 1.66. The number of aromatic nitrogens is 1. The van der Waals surface area contributed by atoms with E-state index in [1.54, 1.807) is 18.9 Å². The maximum atomic E-state index is 10.9. The number of benzene rings is 1. The third-order valence-electron chi connectivity index (χ3n) is 2.62. The summed E-state index contributed by atoms with van der Waals surface area (Å²) < 4.78 is 4.29. The van der Waals surface area contributed by atoms with Crippen LogP contribution in [0.5, 0.6) is 0 Å². The van der Waals surface area contributed by atoms with Gasteiger partial charge in [-0.25, -0.2) is 4.79 Å². The lowest BCUT2D eigenvalue weighted by Gasteiger charge is -2.21. The summed E-state index contributed by atoms with van der Waals surface area (Å²) >= 11 is 1.33. The first-order valence-electron chi connectivity index (χ1n) is 4.91. The fourth-order valence-corrected chi connectivity index (χ4v) is 2.37. The standard InChI is InChI=1S/C11H12N2O2S/c1-7(11(14)15)13(2)10-8-5-3-4-6-9(8)12-16-10/h3-7H,1-2H3,(H,14,15). The Balaban J connectivity index is 2.44. The molecular formula is C11H12N2O2S. The van der Waals surface area contributed by atoms with Gasteiger partial charge in [0, 0.05) is 12.4 Å². The minimum Gasteiger partial charge on any atom is -0.480 e. The number of aliphatic carboxylic acids is 1. The lowest BCUT2D eigenvalue weighted by atomic mass is 10.2. The molecule has 0 fully saturated rings. The number of carboxylic acid groups (broad SMARTS) is 1. The number of carbonyl (C=O) groups is 1. The molecule has 0 bridgehead atoms. The van der Waals surface area contributed by atoms with Gasteiger partial charge < -0.3 is 10.0 Å². The maximum absolute atomic E-state index is 10.9. The van der Waals surface area contributed by atoms with E-state index in [0.717, 1.165) is 15.9 Å². The van der Waals surface area contributed by atoms with Crippen LogP contribution in [-0.2, 0) is 4.79 Å². The second-order valence-electron chi connectivity index (χ2n) is 3.63. The molecular weight excluding hydrogens is 224 g/mol. The molecule has 0 aliphatic carbocycles. The van der Waals surface area contributed by atoms with Crippen LogP contribution in [-0.4, -0.2) is 28.5 Å². The van der Waals surface area contributed by atoms with E-state index in [1.165, 1.54) is 11.5 Å². The molecule has 4 nitrogen and oxygen atoms in total. The van der Waals surface area contributed by atoms with Gasteiger partial charge in [-0.15, -0.1) is 0 Å². The van der Waals surface area contributed by atoms with Crippen LogP contribution in [0.2, 0.25) is 0 Å². The number of anilines is 1. The third kappa shape index (κ3) is 1.74. The molecule has 2 rings (SSSR count). The number of rotatable bonds is 3. The molecule has 84 valence electrons. The number of hydrogen-bond acceptors (Lipinski definition) is 4. The molecule has 5 heteroatoms. The zero-order valence-corrected chi connectivity index (χ0v) is 9.86. The van der Waals surface area contributed by atoms with Gasteiger partial charge >= 0.3 is 5.97 Å². The normalized spacial score (nSPS) is 12.6. The molecule has 0 amide bonds. The van der Waals surface area contributed by atoms with Gasteiger partial charge in [-0.2, -0.15) is 4.37 Å². The molecule has 16 heavy (non-hydrogen) atoms. The predicted molar refractivity (Wildman–Crippen MR) is 65.1 cm³/mol. The van der Waals surface area contributed by atoms with Crippen LogP contribution in [0, 0.1) is 0 Å². The van der Waals surface area contributed by atoms with E-state index in [2.05, 4.69) is 4.37 Å². The van der Waals surface area contributed by atoms with Crippen molar-refractivity contribution in [1.82, 2.24) is 4.37 Å². The van der Waals surface area contributed by atoms with Crippen LogP contribution in [0.3, 0.4) is 0 Å². The van der Waals surface area contributed by atoms with E-state index in [1.807, 2.05) is 24.3 Å². The molecule has 0 aliphatic rings. The Morgan fingerprint density at radius 3 is 2.88 bits per heavy atom. The fraction of sp³-hybridized carbons (Fsp3) is 0.273. The van der Waals surface area contributed by atoms with Crippen LogP contribution in [0.4, 0.5) is 5.00 Å². The lowest BCUT2D eigenvalue weighted by molar-refractivity contribution is -0.138. The Labute approximate surface area is 97.3 Å². The van der Waals surface area contributed by atoms with Gasteiger partial charge in [0.2, 0.25) is 0 Å². The van der Waals surface area contributed by atoms with Crippen molar-refractivity contribution in [3.05, 3.63) is 24.3 Å². The van der Waals surface area contributed by atoms with Gasteiger partial charge in [0.25, 0.3) is 0 Å². The highest BCUT2D eigenvalue weighted by Crippen LogP contribution is 2.31. The van der Waals surface area contributed by atoms with Crippen LogP contribution in [0.1, 0.15) is 6.92 Å². The molecule has 0 saturated heterocycles. The van der Waals surface area contributed by atoms with Crippen molar-refractivity contribution in [3.8, 4) is 0 Å². The molecule has 0 aliphatic heterocycles. The Bertz CT molecular complexity index is 523. The van der Waals surface area contributed by atoms with Gasteiger partial charge in [-0.05, 0) is 30.6 Å². The topological polar surface area (TPSA) is 53.4 Å². The monoisotopic (exact) mass is 236 g/mol. The molecule has 1 heterocycles. The zero-order chi connectivity index (χ0) is 11.7. The quantitative estimate of drug-likeness (QED) is 0.887. The fourth-order valence-electron chi connectivity index (χ4n) is 1.47. The molecule has 0 saturated carbocycles. The van der Waals surface area contributed by atoms with E-state index in [9.17, 15) is 4.79 Å². The Hall–Kier alpha value is -1.62. The summed E-state index contributed by atoms with van der Waals surface area (Å²) in [5.41, 5.74) is 0.909. The molecule has 1 atom stereocenters. The first kappa shape index (κ1) is 10.9. The van der Waals surface area contributed by atoms with Crippen molar-refractivity contribution in [2.75, 3.05) is 11.9 Å². The number of nitrogens with zero attached hydrogens (tertiary/aromatic N) is 2. The highest BCUT2D eigenvalue weighted by atomic mass is 32.1. The SMILES string of the molecule is CC(C(=O)O)N(C)c1snc2ccccc12. The van der Waals surface area contributed by atoms with Crippen molar-refractivity contribution in [1.29, 1.82) is 0 Å². The van der Waals surface area contributed by atoms with E-state index in [-0.39, 0.29) is 0 Å². The Morgan fingerprint density at radius 1 is 1.50 bits per heavy atom. The number of hydrogen-bond donors (Lipinski definition) is 1. The van der Waals surface area contributed by atoms with E-state index >= 15 is 0 Å².